The molecule has 0 saturated heterocycles. The molecule has 0 amide bonds. The van der Waals surface area contributed by atoms with Crippen molar-refractivity contribution >= 4 is 0 Å². The van der Waals surface area contributed by atoms with E-state index in [9.17, 15) is 0 Å². The predicted molar refractivity (Wildman–Crippen MR) is 61.5 cm³/mol. The van der Waals surface area contributed by atoms with Crippen molar-refractivity contribution in [1.29, 1.82) is 0 Å². The minimum atomic E-state index is -0.282. The Morgan fingerprint density at radius 2 is 2.33 bits per heavy atom. The van der Waals surface area contributed by atoms with Gasteiger partial charge in [0.25, 0.3) is 0 Å². The van der Waals surface area contributed by atoms with Gasteiger partial charge in [0, 0.05) is 12.2 Å². The lowest BCUT2D eigenvalue weighted by Crippen LogP contribution is -2.31. The van der Waals surface area contributed by atoms with Crippen molar-refractivity contribution in [3.05, 3.63) is 18.2 Å². The van der Waals surface area contributed by atoms with Crippen LogP contribution in [-0.2, 0) is 5.54 Å². The lowest BCUT2D eigenvalue weighted by Gasteiger charge is -2.20. The largest absolute Gasteiger partial charge is 0.330 e. The number of nitrogens with zero attached hydrogens (tertiary/aromatic N) is 2. The number of rotatable bonds is 4. The number of aromatic nitrogens is 2. The van der Waals surface area contributed by atoms with Gasteiger partial charge in [-0.1, -0.05) is 13.3 Å². The van der Waals surface area contributed by atoms with E-state index in [1.807, 2.05) is 26.4 Å². The van der Waals surface area contributed by atoms with Gasteiger partial charge in [0.05, 0.1) is 17.6 Å². The van der Waals surface area contributed by atoms with Gasteiger partial charge in [-0.3, -0.25) is 0 Å². The third-order valence-corrected chi connectivity index (χ3v) is 3.23. The molecule has 84 valence electrons. The lowest BCUT2D eigenvalue weighted by atomic mass is 10.0. The van der Waals surface area contributed by atoms with Crippen molar-refractivity contribution in [2.45, 2.75) is 51.6 Å². The van der Waals surface area contributed by atoms with Crippen LogP contribution in [0.15, 0.2) is 12.5 Å². The van der Waals surface area contributed by atoms with Gasteiger partial charge < -0.3 is 10.3 Å². The lowest BCUT2D eigenvalue weighted by molar-refractivity contribution is 0.482. The van der Waals surface area contributed by atoms with Gasteiger partial charge in [0.1, 0.15) is 0 Å². The van der Waals surface area contributed by atoms with Gasteiger partial charge in [-0.15, -0.1) is 0 Å². The van der Waals surface area contributed by atoms with E-state index in [4.69, 9.17) is 5.73 Å². The Morgan fingerprint density at radius 1 is 1.60 bits per heavy atom. The van der Waals surface area contributed by atoms with Gasteiger partial charge in [-0.25, -0.2) is 4.98 Å². The summed E-state index contributed by atoms with van der Waals surface area (Å²) in [6.45, 7) is 6.33. The zero-order chi connectivity index (χ0) is 11.1. The van der Waals surface area contributed by atoms with Crippen LogP contribution in [0.4, 0.5) is 0 Å². The maximum atomic E-state index is 6.13. The predicted octanol–water partition coefficient (Wildman–Crippen LogP) is 2.44. The first-order valence-corrected chi connectivity index (χ1v) is 5.85. The highest BCUT2D eigenvalue weighted by molar-refractivity contribution is 5.13. The molecule has 0 spiro atoms. The minimum absolute atomic E-state index is 0.282. The maximum absolute atomic E-state index is 6.13. The molecule has 1 aliphatic carbocycles. The summed E-state index contributed by atoms with van der Waals surface area (Å²) in [6.07, 6.45) is 7.74. The van der Waals surface area contributed by atoms with Crippen molar-refractivity contribution in [1.82, 2.24) is 9.55 Å². The molecule has 0 aromatic carbocycles. The van der Waals surface area contributed by atoms with Gasteiger partial charge in [0.2, 0.25) is 0 Å². The highest BCUT2D eigenvalue weighted by Gasteiger charge is 2.39. The van der Waals surface area contributed by atoms with Crippen LogP contribution in [0.25, 0.3) is 0 Å². The third-order valence-electron chi connectivity index (χ3n) is 3.23. The van der Waals surface area contributed by atoms with Crippen molar-refractivity contribution in [2.24, 2.45) is 11.7 Å². The first-order valence-electron chi connectivity index (χ1n) is 5.85. The van der Waals surface area contributed by atoms with E-state index in [2.05, 4.69) is 16.5 Å². The van der Waals surface area contributed by atoms with Crippen LogP contribution >= 0.6 is 0 Å². The molecule has 2 unspecified atom stereocenters. The van der Waals surface area contributed by atoms with Gasteiger partial charge in [-0.05, 0) is 32.6 Å². The Balaban J connectivity index is 2.14. The van der Waals surface area contributed by atoms with Crippen molar-refractivity contribution < 1.29 is 0 Å². The van der Waals surface area contributed by atoms with Crippen molar-refractivity contribution in [3.63, 3.8) is 0 Å². The second-order valence-corrected chi connectivity index (χ2v) is 5.26. The second kappa shape index (κ2) is 3.63. The maximum Gasteiger partial charge on any atom is 0.0951 e. The standard InChI is InChI=1S/C12H21N3/c1-4-5-9-6-10(9)15-8-14-7-11(15)12(2,3)13/h7-10H,4-6,13H2,1-3H3. The number of hydrogen-bond donors (Lipinski definition) is 1. The van der Waals surface area contributed by atoms with Crippen molar-refractivity contribution in [3.8, 4) is 0 Å². The SMILES string of the molecule is CCCC1CC1n1cncc1C(C)(C)N. The average molecular weight is 207 g/mol. The molecule has 0 radical (unpaired) electrons. The monoisotopic (exact) mass is 207 g/mol. The molecular formula is C12H21N3. The molecule has 1 saturated carbocycles. The normalized spacial score (nSPS) is 25.6. The topological polar surface area (TPSA) is 43.8 Å². The molecule has 2 atom stereocenters. The van der Waals surface area contributed by atoms with E-state index in [0.717, 1.165) is 11.6 Å². The summed E-state index contributed by atoms with van der Waals surface area (Å²) in [7, 11) is 0. The van der Waals surface area contributed by atoms with E-state index in [0.29, 0.717) is 6.04 Å². The van der Waals surface area contributed by atoms with Crippen LogP contribution in [-0.4, -0.2) is 9.55 Å². The first kappa shape index (κ1) is 10.7. The highest BCUT2D eigenvalue weighted by Crippen LogP contribution is 2.47. The summed E-state index contributed by atoms with van der Waals surface area (Å²) in [5, 5.41) is 0. The fraction of sp³-hybridized carbons (Fsp3) is 0.750. The van der Waals surface area contributed by atoms with Crippen LogP contribution in [0.5, 0.6) is 0 Å². The van der Waals surface area contributed by atoms with Gasteiger partial charge in [0.15, 0.2) is 0 Å². The molecule has 3 nitrogen and oxygen atoms in total. The Morgan fingerprint density at radius 3 is 2.93 bits per heavy atom. The van der Waals surface area contributed by atoms with Crippen LogP contribution in [0.3, 0.4) is 0 Å². The zero-order valence-electron chi connectivity index (χ0n) is 9.90. The molecule has 1 heterocycles. The summed E-state index contributed by atoms with van der Waals surface area (Å²) < 4.78 is 2.28. The summed E-state index contributed by atoms with van der Waals surface area (Å²) in [4.78, 5) is 4.23. The molecular weight excluding hydrogens is 186 g/mol. The third kappa shape index (κ3) is 2.07. The van der Waals surface area contributed by atoms with E-state index < -0.39 is 0 Å². The highest BCUT2D eigenvalue weighted by atomic mass is 15.1. The molecule has 0 aliphatic heterocycles. The molecule has 1 aromatic rings. The summed E-state index contributed by atoms with van der Waals surface area (Å²) >= 11 is 0. The summed E-state index contributed by atoms with van der Waals surface area (Å²) in [6, 6.07) is 0.658. The first-order chi connectivity index (χ1) is 7.04. The molecule has 0 bridgehead atoms. The minimum Gasteiger partial charge on any atom is -0.330 e. The number of nitrogens with two attached hydrogens (primary N) is 1. The molecule has 1 fully saturated rings. The second-order valence-electron chi connectivity index (χ2n) is 5.26. The van der Waals surface area contributed by atoms with Crippen molar-refractivity contribution in [2.75, 3.05) is 0 Å². The average Bonchev–Trinajstić information content (AvgIpc) is 2.73. The van der Waals surface area contributed by atoms with Crippen LogP contribution < -0.4 is 5.73 Å². The molecule has 3 heteroatoms. The van der Waals surface area contributed by atoms with Crippen LogP contribution in [0.1, 0.15) is 51.8 Å². The summed E-state index contributed by atoms with van der Waals surface area (Å²) in [5.41, 5.74) is 7.00. The van der Waals surface area contributed by atoms with Crippen LogP contribution in [0, 0.1) is 5.92 Å². The van der Waals surface area contributed by atoms with E-state index in [1.165, 1.54) is 19.3 Å². The molecule has 15 heavy (non-hydrogen) atoms. The molecule has 1 aliphatic rings. The fourth-order valence-corrected chi connectivity index (χ4v) is 2.32. The Hall–Kier alpha value is -0.830. The smallest absolute Gasteiger partial charge is 0.0951 e. The number of imidazole rings is 1. The summed E-state index contributed by atoms with van der Waals surface area (Å²) in [5.74, 6) is 0.852. The number of hydrogen-bond acceptors (Lipinski definition) is 2. The quantitative estimate of drug-likeness (QED) is 0.824. The molecule has 2 N–H and O–H groups in total. The fourth-order valence-electron chi connectivity index (χ4n) is 2.32. The molecule has 2 rings (SSSR count). The van der Waals surface area contributed by atoms with E-state index >= 15 is 0 Å². The zero-order valence-corrected chi connectivity index (χ0v) is 9.90. The van der Waals surface area contributed by atoms with E-state index in [-0.39, 0.29) is 5.54 Å². The Bertz CT molecular complexity index is 335. The Labute approximate surface area is 91.7 Å². The van der Waals surface area contributed by atoms with Gasteiger partial charge in [-0.2, -0.15) is 0 Å². The van der Waals surface area contributed by atoms with E-state index in [1.54, 1.807) is 0 Å². The molecule has 1 aromatic heterocycles. The Kier molecular flexibility index (Phi) is 2.59. The van der Waals surface area contributed by atoms with Gasteiger partial charge >= 0.3 is 0 Å². The van der Waals surface area contributed by atoms with Crippen LogP contribution in [0.2, 0.25) is 0 Å².